The fourth-order valence-corrected chi connectivity index (χ4v) is 3.44. The zero-order valence-electron chi connectivity index (χ0n) is 12.3. The van der Waals surface area contributed by atoms with Gasteiger partial charge in [-0.1, -0.05) is 50.2 Å². The van der Waals surface area contributed by atoms with Crippen LogP contribution in [0.15, 0.2) is 36.4 Å². The summed E-state index contributed by atoms with van der Waals surface area (Å²) < 4.78 is 0. The summed E-state index contributed by atoms with van der Waals surface area (Å²) in [5.41, 5.74) is 2.82. The molecule has 106 valence electrons. The minimum absolute atomic E-state index is 0.185. The van der Waals surface area contributed by atoms with Crippen molar-refractivity contribution in [3.8, 4) is 0 Å². The van der Waals surface area contributed by atoms with Gasteiger partial charge < -0.3 is 10.4 Å². The summed E-state index contributed by atoms with van der Waals surface area (Å²) in [7, 11) is 0. The van der Waals surface area contributed by atoms with Gasteiger partial charge in [0, 0.05) is 12.1 Å². The summed E-state index contributed by atoms with van der Waals surface area (Å²) in [6.07, 6.45) is 2.05. The predicted octanol–water partition coefficient (Wildman–Crippen LogP) is 3.43. The lowest BCUT2D eigenvalue weighted by Crippen LogP contribution is -2.36. The number of nitrogens with one attached hydrogen (secondary N) is 1. The molecule has 3 rings (SSSR count). The van der Waals surface area contributed by atoms with Crippen LogP contribution in [0.5, 0.6) is 0 Å². The molecule has 0 radical (unpaired) electrons. The third kappa shape index (κ3) is 2.46. The molecule has 2 atom stereocenters. The predicted molar refractivity (Wildman–Crippen MR) is 83.9 cm³/mol. The minimum Gasteiger partial charge on any atom is -0.395 e. The van der Waals surface area contributed by atoms with Crippen LogP contribution in [0.1, 0.15) is 37.4 Å². The second-order valence-corrected chi connectivity index (χ2v) is 6.29. The highest BCUT2D eigenvalue weighted by atomic mass is 16.3. The Labute approximate surface area is 120 Å². The highest BCUT2D eigenvalue weighted by molar-refractivity contribution is 5.91. The lowest BCUT2D eigenvalue weighted by molar-refractivity contribution is 0.213. The Balaban J connectivity index is 1.87. The first-order valence-electron chi connectivity index (χ1n) is 7.56. The molecular weight excluding hydrogens is 246 g/mol. The Morgan fingerprint density at radius 3 is 2.65 bits per heavy atom. The van der Waals surface area contributed by atoms with Crippen molar-refractivity contribution in [1.82, 2.24) is 5.32 Å². The first-order chi connectivity index (χ1) is 9.69. The van der Waals surface area contributed by atoms with E-state index in [0.29, 0.717) is 12.0 Å². The highest BCUT2D eigenvalue weighted by Gasteiger charge is 2.26. The maximum Gasteiger partial charge on any atom is 0.0584 e. The summed E-state index contributed by atoms with van der Waals surface area (Å²) in [6, 6.07) is 13.6. The summed E-state index contributed by atoms with van der Waals surface area (Å²) in [5, 5.41) is 16.0. The number of hydrogen-bond donors (Lipinski definition) is 2. The molecule has 1 unspecified atom stereocenters. The van der Waals surface area contributed by atoms with E-state index >= 15 is 0 Å². The molecule has 2 N–H and O–H groups in total. The standard InChI is InChI=1S/C18H23NO/c1-12(2)9-15(11-20)19-17-10-14-7-3-5-13-6-4-8-16(17)18(13)14/h3-8,12,15,17,19-20H,9-11H2,1-2H3/t15-,17?/m0/s1. The van der Waals surface area contributed by atoms with Crippen molar-refractivity contribution < 1.29 is 5.11 Å². The molecule has 0 aliphatic heterocycles. The number of aliphatic hydroxyl groups is 1. The van der Waals surface area contributed by atoms with Gasteiger partial charge in [0.25, 0.3) is 0 Å². The molecule has 0 saturated heterocycles. The molecule has 0 heterocycles. The van der Waals surface area contributed by atoms with E-state index in [-0.39, 0.29) is 12.6 Å². The van der Waals surface area contributed by atoms with E-state index in [1.807, 2.05) is 0 Å². The van der Waals surface area contributed by atoms with Crippen molar-refractivity contribution in [2.45, 2.75) is 38.8 Å². The summed E-state index contributed by atoms with van der Waals surface area (Å²) >= 11 is 0. The zero-order valence-corrected chi connectivity index (χ0v) is 12.3. The molecule has 0 fully saturated rings. The average Bonchev–Trinajstić information content (AvgIpc) is 2.78. The Morgan fingerprint density at radius 1 is 1.20 bits per heavy atom. The zero-order chi connectivity index (χ0) is 14.1. The molecular formula is C18H23NO. The molecule has 2 heteroatoms. The number of rotatable bonds is 5. The van der Waals surface area contributed by atoms with Gasteiger partial charge in [-0.25, -0.2) is 0 Å². The van der Waals surface area contributed by atoms with Crippen molar-refractivity contribution in [3.05, 3.63) is 47.5 Å². The van der Waals surface area contributed by atoms with Gasteiger partial charge in [-0.3, -0.25) is 0 Å². The molecule has 0 spiro atoms. The molecule has 20 heavy (non-hydrogen) atoms. The van der Waals surface area contributed by atoms with Gasteiger partial charge >= 0.3 is 0 Å². The van der Waals surface area contributed by atoms with Crippen molar-refractivity contribution in [2.75, 3.05) is 6.61 Å². The van der Waals surface area contributed by atoms with Crippen molar-refractivity contribution in [2.24, 2.45) is 5.92 Å². The smallest absolute Gasteiger partial charge is 0.0584 e. The van der Waals surface area contributed by atoms with Crippen LogP contribution in [0.4, 0.5) is 0 Å². The van der Waals surface area contributed by atoms with E-state index in [0.717, 1.165) is 12.8 Å². The van der Waals surface area contributed by atoms with Gasteiger partial charge in [0.1, 0.15) is 0 Å². The fraction of sp³-hybridized carbons (Fsp3) is 0.444. The maximum absolute atomic E-state index is 9.58. The van der Waals surface area contributed by atoms with Gasteiger partial charge in [0.15, 0.2) is 0 Å². The first kappa shape index (κ1) is 13.6. The van der Waals surface area contributed by atoms with Crippen LogP contribution in [0, 0.1) is 5.92 Å². The summed E-state index contributed by atoms with van der Waals surface area (Å²) in [5.74, 6) is 0.597. The summed E-state index contributed by atoms with van der Waals surface area (Å²) in [6.45, 7) is 4.61. The highest BCUT2D eigenvalue weighted by Crippen LogP contribution is 2.37. The average molecular weight is 269 g/mol. The summed E-state index contributed by atoms with van der Waals surface area (Å²) in [4.78, 5) is 0. The molecule has 1 aliphatic carbocycles. The third-order valence-electron chi connectivity index (χ3n) is 4.24. The second kappa shape index (κ2) is 5.55. The van der Waals surface area contributed by atoms with Gasteiger partial charge in [-0.05, 0) is 40.7 Å². The van der Waals surface area contributed by atoms with Gasteiger partial charge in [-0.2, -0.15) is 0 Å². The number of aliphatic hydroxyl groups excluding tert-OH is 1. The number of hydrogen-bond acceptors (Lipinski definition) is 2. The van der Waals surface area contributed by atoms with Crippen LogP contribution in [0.2, 0.25) is 0 Å². The minimum atomic E-state index is 0.185. The van der Waals surface area contributed by atoms with E-state index in [9.17, 15) is 5.11 Å². The van der Waals surface area contributed by atoms with Crippen molar-refractivity contribution >= 4 is 10.8 Å². The van der Waals surface area contributed by atoms with Crippen LogP contribution >= 0.6 is 0 Å². The topological polar surface area (TPSA) is 32.3 Å². The van der Waals surface area contributed by atoms with E-state index in [4.69, 9.17) is 0 Å². The van der Waals surface area contributed by atoms with Crippen LogP contribution in [-0.2, 0) is 6.42 Å². The Bertz CT molecular complexity index is 600. The largest absolute Gasteiger partial charge is 0.395 e. The Morgan fingerprint density at radius 2 is 1.95 bits per heavy atom. The van der Waals surface area contributed by atoms with Crippen LogP contribution in [-0.4, -0.2) is 17.8 Å². The number of benzene rings is 2. The molecule has 0 amide bonds. The van der Waals surface area contributed by atoms with Crippen molar-refractivity contribution in [1.29, 1.82) is 0 Å². The Kier molecular flexibility index (Phi) is 3.77. The van der Waals surface area contributed by atoms with E-state index in [1.54, 1.807) is 0 Å². The quantitative estimate of drug-likeness (QED) is 0.871. The van der Waals surface area contributed by atoms with Crippen LogP contribution < -0.4 is 5.32 Å². The lowest BCUT2D eigenvalue weighted by atomic mass is 10.0. The molecule has 0 aromatic heterocycles. The van der Waals surface area contributed by atoms with Crippen molar-refractivity contribution in [3.63, 3.8) is 0 Å². The van der Waals surface area contributed by atoms with Gasteiger partial charge in [0.2, 0.25) is 0 Å². The lowest BCUT2D eigenvalue weighted by Gasteiger charge is -2.23. The Hall–Kier alpha value is -1.38. The molecule has 2 aromatic carbocycles. The maximum atomic E-state index is 9.58. The molecule has 0 bridgehead atoms. The van der Waals surface area contributed by atoms with E-state index in [2.05, 4.69) is 55.6 Å². The van der Waals surface area contributed by atoms with Crippen LogP contribution in [0.25, 0.3) is 10.8 Å². The molecule has 1 aliphatic rings. The van der Waals surface area contributed by atoms with E-state index in [1.165, 1.54) is 21.9 Å². The van der Waals surface area contributed by atoms with Gasteiger partial charge in [0.05, 0.1) is 6.61 Å². The molecule has 0 saturated carbocycles. The van der Waals surface area contributed by atoms with E-state index < -0.39 is 0 Å². The molecule has 2 aromatic rings. The fourth-order valence-electron chi connectivity index (χ4n) is 3.44. The first-order valence-corrected chi connectivity index (χ1v) is 7.56. The second-order valence-electron chi connectivity index (χ2n) is 6.29. The SMILES string of the molecule is CC(C)C[C@@H](CO)NC1Cc2cccc3cccc1c23. The molecule has 2 nitrogen and oxygen atoms in total. The van der Waals surface area contributed by atoms with Gasteiger partial charge in [-0.15, -0.1) is 0 Å². The monoisotopic (exact) mass is 269 g/mol. The third-order valence-corrected chi connectivity index (χ3v) is 4.24. The van der Waals surface area contributed by atoms with Crippen LogP contribution in [0.3, 0.4) is 0 Å². The normalized spacial score (nSPS) is 18.9.